The van der Waals surface area contributed by atoms with E-state index in [2.05, 4.69) is 9.97 Å². The predicted octanol–water partition coefficient (Wildman–Crippen LogP) is 0.776. The van der Waals surface area contributed by atoms with E-state index in [-0.39, 0.29) is 11.5 Å². The maximum Gasteiger partial charge on any atom is 0.345 e. The molecule has 2 aliphatic carbocycles. The lowest BCUT2D eigenvalue weighted by Crippen LogP contribution is -2.17. The lowest BCUT2D eigenvalue weighted by molar-refractivity contribution is 0.0993. The third-order valence-corrected chi connectivity index (χ3v) is 2.88. The third-order valence-electron chi connectivity index (χ3n) is 2.88. The molecule has 1 N–H and O–H groups in total. The number of carbonyl (C=O) groups excluding carboxylic acids is 1. The SMILES string of the molecule is O=C1CCc2[nH]c(=O)nc(C3CC3)c21. The van der Waals surface area contributed by atoms with Crippen molar-refractivity contribution >= 4 is 5.78 Å². The van der Waals surface area contributed by atoms with Gasteiger partial charge in [0.1, 0.15) is 0 Å². The van der Waals surface area contributed by atoms with Crippen LogP contribution in [0.15, 0.2) is 4.79 Å². The van der Waals surface area contributed by atoms with Crippen molar-refractivity contribution in [2.45, 2.75) is 31.6 Å². The average Bonchev–Trinajstić information content (AvgIpc) is 2.92. The van der Waals surface area contributed by atoms with Crippen LogP contribution in [0.3, 0.4) is 0 Å². The molecule has 0 aliphatic heterocycles. The minimum atomic E-state index is -0.305. The minimum absolute atomic E-state index is 0.144. The molecule has 0 radical (unpaired) electrons. The van der Waals surface area contributed by atoms with Crippen LogP contribution in [-0.2, 0) is 6.42 Å². The molecule has 1 fully saturated rings. The van der Waals surface area contributed by atoms with Crippen LogP contribution in [0.4, 0.5) is 0 Å². The second-order valence-corrected chi connectivity index (χ2v) is 3.98. The van der Waals surface area contributed by atoms with E-state index in [1.54, 1.807) is 0 Å². The highest BCUT2D eigenvalue weighted by Gasteiger charge is 2.34. The maximum atomic E-state index is 11.6. The minimum Gasteiger partial charge on any atom is -0.309 e. The first kappa shape index (κ1) is 7.91. The molecule has 2 aliphatic rings. The Labute approximate surface area is 80.4 Å². The number of nitrogens with zero attached hydrogens (tertiary/aromatic N) is 1. The molecule has 0 atom stereocenters. The molecule has 1 aromatic heterocycles. The number of carbonyl (C=O) groups is 1. The Morgan fingerprint density at radius 1 is 1.21 bits per heavy atom. The highest BCUT2D eigenvalue weighted by molar-refractivity contribution is 6.01. The van der Waals surface area contributed by atoms with Gasteiger partial charge < -0.3 is 4.98 Å². The summed E-state index contributed by atoms with van der Waals surface area (Å²) in [6.07, 6.45) is 3.33. The number of ketones is 1. The normalized spacial score (nSPS) is 19.9. The number of fused-ring (bicyclic) bond motifs is 1. The first-order valence-electron chi connectivity index (χ1n) is 4.92. The summed E-state index contributed by atoms with van der Waals surface area (Å²) in [4.78, 5) is 29.4. The van der Waals surface area contributed by atoms with E-state index in [0.29, 0.717) is 24.3 Å². The van der Waals surface area contributed by atoms with E-state index < -0.39 is 0 Å². The van der Waals surface area contributed by atoms with Gasteiger partial charge >= 0.3 is 5.69 Å². The third kappa shape index (κ3) is 1.03. The van der Waals surface area contributed by atoms with Crippen LogP contribution in [0, 0.1) is 0 Å². The monoisotopic (exact) mass is 190 g/mol. The number of aromatic nitrogens is 2. The standard InChI is InChI=1S/C10H10N2O2/c13-7-4-3-6-8(7)9(5-1-2-5)12-10(14)11-6/h5H,1-4H2,(H,11,12,14). The van der Waals surface area contributed by atoms with Gasteiger partial charge in [-0.25, -0.2) is 4.79 Å². The van der Waals surface area contributed by atoms with Crippen molar-refractivity contribution in [1.82, 2.24) is 9.97 Å². The zero-order valence-corrected chi connectivity index (χ0v) is 7.67. The molecule has 3 rings (SSSR count). The fourth-order valence-electron chi connectivity index (χ4n) is 2.05. The molecule has 4 heteroatoms. The summed E-state index contributed by atoms with van der Waals surface area (Å²) in [5, 5.41) is 0. The lowest BCUT2D eigenvalue weighted by Gasteiger charge is -2.02. The zero-order valence-electron chi connectivity index (χ0n) is 7.67. The Bertz CT molecular complexity index is 472. The fraction of sp³-hybridized carbons (Fsp3) is 0.500. The van der Waals surface area contributed by atoms with Gasteiger partial charge in [0.15, 0.2) is 5.78 Å². The summed E-state index contributed by atoms with van der Waals surface area (Å²) in [6, 6.07) is 0. The Hall–Kier alpha value is -1.45. The first-order chi connectivity index (χ1) is 6.75. The van der Waals surface area contributed by atoms with Crippen LogP contribution in [-0.4, -0.2) is 15.8 Å². The fourth-order valence-corrected chi connectivity index (χ4v) is 2.05. The van der Waals surface area contributed by atoms with E-state index in [9.17, 15) is 9.59 Å². The number of nitrogens with one attached hydrogen (secondary N) is 1. The van der Waals surface area contributed by atoms with Gasteiger partial charge in [0.05, 0.1) is 11.3 Å². The van der Waals surface area contributed by atoms with Crippen molar-refractivity contribution in [3.63, 3.8) is 0 Å². The number of H-pyrrole nitrogens is 1. The second-order valence-electron chi connectivity index (χ2n) is 3.98. The number of hydrogen-bond donors (Lipinski definition) is 1. The van der Waals surface area contributed by atoms with Gasteiger partial charge in [0.2, 0.25) is 0 Å². The van der Waals surface area contributed by atoms with Crippen LogP contribution in [0.2, 0.25) is 0 Å². The van der Waals surface area contributed by atoms with Gasteiger partial charge in [-0.05, 0) is 19.3 Å². The summed E-state index contributed by atoms with van der Waals surface area (Å²) >= 11 is 0. The summed E-state index contributed by atoms with van der Waals surface area (Å²) in [7, 11) is 0. The van der Waals surface area contributed by atoms with Gasteiger partial charge in [-0.3, -0.25) is 4.79 Å². The maximum absolute atomic E-state index is 11.6. The van der Waals surface area contributed by atoms with Crippen molar-refractivity contribution in [3.8, 4) is 0 Å². The van der Waals surface area contributed by atoms with Crippen molar-refractivity contribution in [3.05, 3.63) is 27.4 Å². The first-order valence-corrected chi connectivity index (χ1v) is 4.92. The number of hydrogen-bond acceptors (Lipinski definition) is 3. The van der Waals surface area contributed by atoms with E-state index in [4.69, 9.17) is 0 Å². The molecule has 0 spiro atoms. The van der Waals surface area contributed by atoms with Crippen LogP contribution < -0.4 is 5.69 Å². The largest absolute Gasteiger partial charge is 0.345 e. The molecular formula is C10H10N2O2. The Morgan fingerprint density at radius 3 is 2.71 bits per heavy atom. The van der Waals surface area contributed by atoms with Gasteiger partial charge in [-0.1, -0.05) is 0 Å². The van der Waals surface area contributed by atoms with Crippen molar-refractivity contribution in [1.29, 1.82) is 0 Å². The molecule has 72 valence electrons. The molecular weight excluding hydrogens is 180 g/mol. The Kier molecular flexibility index (Phi) is 1.43. The molecule has 1 aromatic rings. The van der Waals surface area contributed by atoms with E-state index >= 15 is 0 Å². The van der Waals surface area contributed by atoms with Gasteiger partial charge in [0.25, 0.3) is 0 Å². The number of aryl methyl sites for hydroxylation is 1. The Balaban J connectivity index is 2.27. The second kappa shape index (κ2) is 2.53. The molecule has 1 saturated carbocycles. The summed E-state index contributed by atoms with van der Waals surface area (Å²) in [6.45, 7) is 0. The smallest absolute Gasteiger partial charge is 0.309 e. The summed E-state index contributed by atoms with van der Waals surface area (Å²) < 4.78 is 0. The lowest BCUT2D eigenvalue weighted by atomic mass is 10.1. The van der Waals surface area contributed by atoms with Crippen molar-refractivity contribution < 1.29 is 4.79 Å². The summed E-state index contributed by atoms with van der Waals surface area (Å²) in [5.74, 6) is 0.513. The number of aromatic amines is 1. The van der Waals surface area contributed by atoms with Crippen LogP contribution >= 0.6 is 0 Å². The topological polar surface area (TPSA) is 62.8 Å². The van der Waals surface area contributed by atoms with Crippen molar-refractivity contribution in [2.24, 2.45) is 0 Å². The van der Waals surface area contributed by atoms with E-state index in [0.717, 1.165) is 24.2 Å². The van der Waals surface area contributed by atoms with Crippen LogP contribution in [0.25, 0.3) is 0 Å². The van der Waals surface area contributed by atoms with E-state index in [1.165, 1.54) is 0 Å². The number of Topliss-reactive ketones (excluding diaryl/α,β-unsaturated/α-hetero) is 1. The zero-order chi connectivity index (χ0) is 9.71. The molecule has 0 amide bonds. The molecule has 0 saturated heterocycles. The Morgan fingerprint density at radius 2 is 2.00 bits per heavy atom. The molecule has 0 aromatic carbocycles. The van der Waals surface area contributed by atoms with Gasteiger partial charge in [-0.2, -0.15) is 4.98 Å². The van der Waals surface area contributed by atoms with Crippen molar-refractivity contribution in [2.75, 3.05) is 0 Å². The van der Waals surface area contributed by atoms with Gasteiger partial charge in [0, 0.05) is 18.0 Å². The molecule has 4 nitrogen and oxygen atoms in total. The predicted molar refractivity (Wildman–Crippen MR) is 49.5 cm³/mol. The highest BCUT2D eigenvalue weighted by Crippen LogP contribution is 2.41. The highest BCUT2D eigenvalue weighted by atomic mass is 16.1. The number of rotatable bonds is 1. The molecule has 14 heavy (non-hydrogen) atoms. The molecule has 0 unspecified atom stereocenters. The van der Waals surface area contributed by atoms with Gasteiger partial charge in [-0.15, -0.1) is 0 Å². The van der Waals surface area contributed by atoms with E-state index in [1.807, 2.05) is 0 Å². The molecule has 0 bridgehead atoms. The molecule has 1 heterocycles. The van der Waals surface area contributed by atoms with Crippen LogP contribution in [0.1, 0.15) is 46.9 Å². The van der Waals surface area contributed by atoms with Crippen LogP contribution in [0.5, 0.6) is 0 Å². The average molecular weight is 190 g/mol. The summed E-state index contributed by atoms with van der Waals surface area (Å²) in [5.41, 5.74) is 1.97. The quantitative estimate of drug-likeness (QED) is 0.711.